The summed E-state index contributed by atoms with van der Waals surface area (Å²) >= 11 is 0. The third-order valence-corrected chi connectivity index (χ3v) is 4.13. The SMILES string of the molecule is CC[C@H](Nc1nc(N[C@@H](CC)C(F)(F)F)nc(-c2ccnc(C(C)(F)F)n2)n1)C(F)(F)F. The molecule has 2 atom stereocenters. The quantitative estimate of drug-likeness (QED) is 0.525. The molecule has 0 amide bonds. The van der Waals surface area contributed by atoms with Crippen molar-refractivity contribution in [3.63, 3.8) is 0 Å². The molecule has 0 aliphatic rings. The maximum absolute atomic E-state index is 13.6. The second-order valence-electron chi connectivity index (χ2n) is 6.75. The average Bonchev–Trinajstić information content (AvgIpc) is 2.67. The number of rotatable bonds is 8. The fourth-order valence-corrected chi connectivity index (χ4v) is 2.46. The Balaban J connectivity index is 2.56. The molecule has 2 heterocycles. The lowest BCUT2D eigenvalue weighted by molar-refractivity contribution is -0.143. The Kier molecular flexibility index (Phi) is 7.40. The van der Waals surface area contributed by atoms with Crippen molar-refractivity contribution in [2.24, 2.45) is 0 Å². The molecule has 0 radical (unpaired) electrons. The summed E-state index contributed by atoms with van der Waals surface area (Å²) in [6.45, 7) is 2.97. The van der Waals surface area contributed by atoms with E-state index in [1.807, 2.05) is 10.6 Å². The van der Waals surface area contributed by atoms with Gasteiger partial charge < -0.3 is 10.6 Å². The van der Waals surface area contributed by atoms with Gasteiger partial charge in [0.05, 0.1) is 0 Å². The zero-order chi connectivity index (χ0) is 24.3. The molecule has 0 saturated heterocycles. The Morgan fingerprint density at radius 2 is 1.25 bits per heavy atom. The Hall–Kier alpha value is -2.87. The minimum absolute atomic E-state index is 0.342. The molecule has 0 spiro atoms. The van der Waals surface area contributed by atoms with Gasteiger partial charge >= 0.3 is 18.3 Å². The van der Waals surface area contributed by atoms with Gasteiger partial charge in [0.15, 0.2) is 11.6 Å². The predicted molar refractivity (Wildman–Crippen MR) is 97.9 cm³/mol. The predicted octanol–water partition coefficient (Wildman–Crippen LogP) is 4.95. The van der Waals surface area contributed by atoms with Gasteiger partial charge in [-0.25, -0.2) is 9.97 Å². The van der Waals surface area contributed by atoms with Gasteiger partial charge in [-0.2, -0.15) is 50.1 Å². The van der Waals surface area contributed by atoms with Gasteiger partial charge in [-0.1, -0.05) is 13.8 Å². The lowest BCUT2D eigenvalue weighted by Crippen LogP contribution is -2.37. The van der Waals surface area contributed by atoms with Crippen molar-refractivity contribution in [2.75, 3.05) is 10.6 Å². The first-order valence-electron chi connectivity index (χ1n) is 9.29. The number of nitrogens with one attached hydrogen (secondary N) is 2. The van der Waals surface area contributed by atoms with E-state index in [0.29, 0.717) is 6.92 Å². The van der Waals surface area contributed by atoms with Gasteiger partial charge in [0.2, 0.25) is 11.9 Å². The van der Waals surface area contributed by atoms with E-state index in [1.54, 1.807) is 0 Å². The average molecular weight is 473 g/mol. The van der Waals surface area contributed by atoms with Crippen molar-refractivity contribution in [1.82, 2.24) is 24.9 Å². The van der Waals surface area contributed by atoms with Crippen molar-refractivity contribution in [2.45, 2.75) is 64.0 Å². The van der Waals surface area contributed by atoms with E-state index in [4.69, 9.17) is 0 Å². The number of halogens is 8. The van der Waals surface area contributed by atoms with Gasteiger partial charge in [0.1, 0.15) is 17.8 Å². The van der Waals surface area contributed by atoms with E-state index in [0.717, 1.165) is 12.3 Å². The molecule has 0 bridgehead atoms. The Morgan fingerprint density at radius 3 is 1.62 bits per heavy atom. The van der Waals surface area contributed by atoms with Crippen LogP contribution >= 0.6 is 0 Å². The highest BCUT2D eigenvalue weighted by Crippen LogP contribution is 2.29. The second-order valence-corrected chi connectivity index (χ2v) is 6.75. The molecule has 0 unspecified atom stereocenters. The molecule has 0 aliphatic heterocycles. The maximum atomic E-state index is 13.6. The van der Waals surface area contributed by atoms with Gasteiger partial charge in [-0.3, -0.25) is 0 Å². The molecule has 0 saturated carbocycles. The largest absolute Gasteiger partial charge is 0.408 e. The summed E-state index contributed by atoms with van der Waals surface area (Å²) in [6, 6.07) is -3.15. The lowest BCUT2D eigenvalue weighted by Gasteiger charge is -2.22. The van der Waals surface area contributed by atoms with E-state index in [2.05, 4.69) is 24.9 Å². The van der Waals surface area contributed by atoms with Crippen LogP contribution in [0.25, 0.3) is 11.5 Å². The lowest BCUT2D eigenvalue weighted by atomic mass is 10.2. The molecule has 0 aliphatic carbocycles. The number of hydrogen-bond acceptors (Lipinski definition) is 7. The van der Waals surface area contributed by atoms with Crippen LogP contribution in [0.4, 0.5) is 47.0 Å². The molecule has 0 fully saturated rings. The summed E-state index contributed by atoms with van der Waals surface area (Å²) in [5, 5.41) is 3.99. The fraction of sp³-hybridized carbons (Fsp3) is 0.588. The van der Waals surface area contributed by atoms with Crippen molar-refractivity contribution in [1.29, 1.82) is 0 Å². The normalized spacial score (nSPS) is 14.7. The van der Waals surface area contributed by atoms with Gasteiger partial charge in [-0.05, 0) is 18.9 Å². The van der Waals surface area contributed by atoms with Crippen LogP contribution in [0, 0.1) is 0 Å². The highest BCUT2D eigenvalue weighted by Gasteiger charge is 2.40. The monoisotopic (exact) mass is 473 g/mol. The summed E-state index contributed by atoms with van der Waals surface area (Å²) in [5.74, 6) is -6.32. The van der Waals surface area contributed by atoms with Gasteiger partial charge in [-0.15, -0.1) is 0 Å². The summed E-state index contributed by atoms with van der Waals surface area (Å²) in [5.41, 5.74) is -0.342. The minimum Gasteiger partial charge on any atom is -0.342 e. The summed E-state index contributed by atoms with van der Waals surface area (Å²) in [4.78, 5) is 18.1. The summed E-state index contributed by atoms with van der Waals surface area (Å²) < 4.78 is 106. The molecular formula is C17H19F8N7. The first kappa shape index (κ1) is 25.4. The zero-order valence-electron chi connectivity index (χ0n) is 17.0. The molecule has 15 heteroatoms. The van der Waals surface area contributed by atoms with Crippen molar-refractivity contribution in [3.8, 4) is 11.5 Å². The summed E-state index contributed by atoms with van der Waals surface area (Å²) in [7, 11) is 0. The number of alkyl halides is 8. The van der Waals surface area contributed by atoms with E-state index in [-0.39, 0.29) is 5.69 Å². The van der Waals surface area contributed by atoms with Crippen molar-refractivity contribution in [3.05, 3.63) is 18.1 Å². The maximum Gasteiger partial charge on any atom is 0.408 e. The Bertz CT molecular complexity index is 869. The molecular weight excluding hydrogens is 454 g/mol. The highest BCUT2D eigenvalue weighted by molar-refractivity contribution is 5.53. The second kappa shape index (κ2) is 9.32. The topological polar surface area (TPSA) is 88.5 Å². The van der Waals surface area contributed by atoms with Crippen LogP contribution in [0.1, 0.15) is 39.4 Å². The number of anilines is 2. The summed E-state index contributed by atoms with van der Waals surface area (Å²) in [6.07, 6.45) is -9.35. The van der Waals surface area contributed by atoms with E-state index < -0.39 is 66.7 Å². The van der Waals surface area contributed by atoms with Crippen LogP contribution in [-0.4, -0.2) is 49.4 Å². The number of nitrogens with zero attached hydrogens (tertiary/aromatic N) is 5. The standard InChI is InChI=1S/C17H19F8N7/c1-4-9(16(20,21)22)28-13-30-11(8-6-7-26-12(27-8)15(3,18)19)31-14(32-13)29-10(5-2)17(23,24)25/h6-7,9-10H,4-5H2,1-3H3,(H2,28,29,30,31,32)/t9-,10-/m0/s1. The number of hydrogen-bond donors (Lipinski definition) is 2. The van der Waals surface area contributed by atoms with Crippen LogP contribution < -0.4 is 10.6 Å². The Labute approximate surface area is 177 Å². The highest BCUT2D eigenvalue weighted by atomic mass is 19.4. The zero-order valence-corrected chi connectivity index (χ0v) is 17.0. The van der Waals surface area contributed by atoms with Crippen molar-refractivity contribution >= 4 is 11.9 Å². The molecule has 32 heavy (non-hydrogen) atoms. The molecule has 7 nitrogen and oxygen atoms in total. The molecule has 0 aromatic carbocycles. The smallest absolute Gasteiger partial charge is 0.342 e. The Morgan fingerprint density at radius 1 is 0.781 bits per heavy atom. The van der Waals surface area contributed by atoms with Crippen LogP contribution in [0.3, 0.4) is 0 Å². The van der Waals surface area contributed by atoms with Crippen molar-refractivity contribution < 1.29 is 35.1 Å². The third-order valence-electron chi connectivity index (χ3n) is 4.13. The molecule has 2 aromatic rings. The molecule has 2 aromatic heterocycles. The fourth-order valence-electron chi connectivity index (χ4n) is 2.46. The minimum atomic E-state index is -4.71. The van der Waals surface area contributed by atoms with Crippen LogP contribution in [-0.2, 0) is 5.92 Å². The molecule has 2 rings (SSSR count). The third kappa shape index (κ3) is 6.56. The molecule has 178 valence electrons. The van der Waals surface area contributed by atoms with Gasteiger partial charge in [0, 0.05) is 13.1 Å². The molecule has 2 N–H and O–H groups in total. The van der Waals surface area contributed by atoms with E-state index in [1.165, 1.54) is 13.8 Å². The first-order valence-corrected chi connectivity index (χ1v) is 9.29. The number of aromatic nitrogens is 5. The van der Waals surface area contributed by atoms with Crippen LogP contribution in [0.2, 0.25) is 0 Å². The van der Waals surface area contributed by atoms with Crippen LogP contribution in [0.15, 0.2) is 12.3 Å². The van der Waals surface area contributed by atoms with Crippen LogP contribution in [0.5, 0.6) is 0 Å². The first-order chi connectivity index (χ1) is 14.6. The van der Waals surface area contributed by atoms with E-state index >= 15 is 0 Å². The van der Waals surface area contributed by atoms with Gasteiger partial charge in [0.25, 0.3) is 0 Å². The van der Waals surface area contributed by atoms with E-state index in [9.17, 15) is 35.1 Å².